The van der Waals surface area contributed by atoms with E-state index in [1.54, 1.807) is 31.2 Å². The summed E-state index contributed by atoms with van der Waals surface area (Å²) in [5.41, 5.74) is 1.40. The minimum atomic E-state index is 0.161. The molecular formula is C16H11Cl2NO2. The third-order valence-electron chi connectivity index (χ3n) is 3.08. The molecule has 3 rings (SSSR count). The predicted octanol–water partition coefficient (Wildman–Crippen LogP) is 5.35. The number of halogens is 2. The lowest BCUT2D eigenvalue weighted by atomic mass is 10.2. The monoisotopic (exact) mass is 319 g/mol. The second kappa shape index (κ2) is 5.43. The first-order chi connectivity index (χ1) is 10.0. The first kappa shape index (κ1) is 14.0. The van der Waals surface area contributed by atoms with Crippen molar-refractivity contribution < 1.29 is 9.84 Å². The van der Waals surface area contributed by atoms with Crippen molar-refractivity contribution in [3.8, 4) is 17.2 Å². The Morgan fingerprint density at radius 3 is 2.43 bits per heavy atom. The molecule has 106 valence electrons. The lowest BCUT2D eigenvalue weighted by Crippen LogP contribution is -1.88. The Balaban J connectivity index is 1.97. The zero-order valence-corrected chi connectivity index (χ0v) is 12.6. The Morgan fingerprint density at radius 1 is 0.952 bits per heavy atom. The second-order valence-corrected chi connectivity index (χ2v) is 5.44. The van der Waals surface area contributed by atoms with Gasteiger partial charge in [-0.05, 0) is 43.3 Å². The molecule has 21 heavy (non-hydrogen) atoms. The number of benzene rings is 2. The van der Waals surface area contributed by atoms with Crippen molar-refractivity contribution in [2.24, 2.45) is 0 Å². The van der Waals surface area contributed by atoms with E-state index in [1.165, 1.54) is 0 Å². The fourth-order valence-electron chi connectivity index (χ4n) is 1.98. The van der Waals surface area contributed by atoms with Crippen LogP contribution in [0, 0.1) is 6.92 Å². The first-order valence-corrected chi connectivity index (χ1v) is 7.02. The van der Waals surface area contributed by atoms with Gasteiger partial charge < -0.3 is 9.84 Å². The average Bonchev–Trinajstić information content (AvgIpc) is 2.44. The summed E-state index contributed by atoms with van der Waals surface area (Å²) < 4.78 is 5.74. The summed E-state index contributed by atoms with van der Waals surface area (Å²) in [4.78, 5) is 4.30. The zero-order valence-electron chi connectivity index (χ0n) is 11.1. The van der Waals surface area contributed by atoms with E-state index < -0.39 is 0 Å². The maximum atomic E-state index is 9.73. The highest BCUT2D eigenvalue weighted by Gasteiger charge is 2.05. The number of aromatic hydroxyl groups is 1. The maximum Gasteiger partial charge on any atom is 0.137 e. The van der Waals surface area contributed by atoms with Gasteiger partial charge in [0.15, 0.2) is 0 Å². The van der Waals surface area contributed by atoms with E-state index in [9.17, 15) is 5.11 Å². The van der Waals surface area contributed by atoms with Crippen LogP contribution in [-0.4, -0.2) is 10.1 Å². The van der Waals surface area contributed by atoms with Crippen LogP contribution in [0.25, 0.3) is 10.9 Å². The van der Waals surface area contributed by atoms with E-state index in [0.29, 0.717) is 27.2 Å². The Labute approximate surface area is 131 Å². The molecule has 1 N–H and O–H groups in total. The molecule has 3 aromatic rings. The summed E-state index contributed by atoms with van der Waals surface area (Å²) >= 11 is 11.8. The Hall–Kier alpha value is -1.97. The van der Waals surface area contributed by atoms with E-state index in [2.05, 4.69) is 4.98 Å². The van der Waals surface area contributed by atoms with Crippen molar-refractivity contribution in [3.05, 3.63) is 58.2 Å². The molecule has 3 nitrogen and oxygen atoms in total. The van der Waals surface area contributed by atoms with Crippen molar-refractivity contribution in [1.82, 2.24) is 4.98 Å². The molecule has 0 bridgehead atoms. The largest absolute Gasteiger partial charge is 0.506 e. The molecule has 0 unspecified atom stereocenters. The van der Waals surface area contributed by atoms with Crippen LogP contribution in [0.5, 0.6) is 17.2 Å². The number of aryl methyl sites for hydroxylation is 1. The summed E-state index contributed by atoms with van der Waals surface area (Å²) in [6.07, 6.45) is 0. The van der Waals surface area contributed by atoms with Gasteiger partial charge in [0.05, 0.1) is 21.3 Å². The van der Waals surface area contributed by atoms with E-state index in [1.807, 2.05) is 18.2 Å². The van der Waals surface area contributed by atoms with Gasteiger partial charge in [0, 0.05) is 11.5 Å². The Kier molecular flexibility index (Phi) is 3.62. The highest BCUT2D eigenvalue weighted by Crippen LogP contribution is 2.31. The molecule has 0 aliphatic carbocycles. The highest BCUT2D eigenvalue weighted by atomic mass is 35.5. The molecule has 0 amide bonds. The third-order valence-corrected chi connectivity index (χ3v) is 3.82. The average molecular weight is 320 g/mol. The summed E-state index contributed by atoms with van der Waals surface area (Å²) in [7, 11) is 0. The molecule has 0 aliphatic rings. The van der Waals surface area contributed by atoms with Crippen LogP contribution in [0.4, 0.5) is 0 Å². The summed E-state index contributed by atoms with van der Waals surface area (Å²) in [5, 5.41) is 11.4. The number of hydrogen-bond donors (Lipinski definition) is 1. The van der Waals surface area contributed by atoms with Crippen LogP contribution in [0.2, 0.25) is 10.0 Å². The van der Waals surface area contributed by atoms with Crippen molar-refractivity contribution in [3.63, 3.8) is 0 Å². The van der Waals surface area contributed by atoms with Gasteiger partial charge in [0.2, 0.25) is 0 Å². The highest BCUT2D eigenvalue weighted by molar-refractivity contribution is 6.42. The van der Waals surface area contributed by atoms with Crippen LogP contribution < -0.4 is 4.74 Å². The summed E-state index contributed by atoms with van der Waals surface area (Å²) in [5.74, 6) is 1.38. The minimum Gasteiger partial charge on any atom is -0.506 e. The van der Waals surface area contributed by atoms with E-state index in [-0.39, 0.29) is 5.75 Å². The third kappa shape index (κ3) is 2.89. The summed E-state index contributed by atoms with van der Waals surface area (Å²) in [6.45, 7) is 1.76. The number of pyridine rings is 1. The van der Waals surface area contributed by atoms with Crippen molar-refractivity contribution in [2.75, 3.05) is 0 Å². The van der Waals surface area contributed by atoms with Crippen LogP contribution >= 0.6 is 23.2 Å². The minimum absolute atomic E-state index is 0.161. The topological polar surface area (TPSA) is 42.4 Å². The molecule has 0 spiro atoms. The number of ether oxygens (including phenoxy) is 1. The van der Waals surface area contributed by atoms with E-state index in [0.717, 1.165) is 10.9 Å². The Morgan fingerprint density at radius 2 is 1.67 bits per heavy atom. The van der Waals surface area contributed by atoms with Gasteiger partial charge in [-0.3, -0.25) is 0 Å². The van der Waals surface area contributed by atoms with Gasteiger partial charge >= 0.3 is 0 Å². The van der Waals surface area contributed by atoms with E-state index in [4.69, 9.17) is 27.9 Å². The molecule has 0 saturated heterocycles. The maximum absolute atomic E-state index is 9.73. The Bertz CT molecular complexity index is 834. The van der Waals surface area contributed by atoms with Crippen molar-refractivity contribution >= 4 is 34.1 Å². The van der Waals surface area contributed by atoms with Gasteiger partial charge in [-0.2, -0.15) is 0 Å². The number of hydrogen-bond acceptors (Lipinski definition) is 3. The molecular weight excluding hydrogens is 309 g/mol. The number of fused-ring (bicyclic) bond motifs is 1. The van der Waals surface area contributed by atoms with Gasteiger partial charge in [0.25, 0.3) is 0 Å². The van der Waals surface area contributed by atoms with Crippen molar-refractivity contribution in [2.45, 2.75) is 6.92 Å². The molecule has 2 aromatic carbocycles. The molecule has 0 fully saturated rings. The fraction of sp³-hybridized carbons (Fsp3) is 0.0625. The van der Waals surface area contributed by atoms with Crippen LogP contribution in [-0.2, 0) is 0 Å². The molecule has 0 aliphatic heterocycles. The predicted molar refractivity (Wildman–Crippen MR) is 84.7 cm³/mol. The molecule has 0 saturated carbocycles. The molecule has 0 atom stereocenters. The SMILES string of the molecule is Cc1nc2ccc(Oc3ccc(Cl)c(Cl)c3)cc2cc1O. The number of aromatic nitrogens is 1. The normalized spacial score (nSPS) is 10.8. The quantitative estimate of drug-likeness (QED) is 0.692. The number of rotatable bonds is 2. The molecule has 5 heteroatoms. The molecule has 1 aromatic heterocycles. The van der Waals surface area contributed by atoms with Crippen LogP contribution in [0.1, 0.15) is 5.69 Å². The molecule has 1 heterocycles. The van der Waals surface area contributed by atoms with E-state index >= 15 is 0 Å². The first-order valence-electron chi connectivity index (χ1n) is 6.26. The van der Waals surface area contributed by atoms with Crippen LogP contribution in [0.15, 0.2) is 42.5 Å². The molecule has 0 radical (unpaired) electrons. The fourth-order valence-corrected chi connectivity index (χ4v) is 2.27. The van der Waals surface area contributed by atoms with Crippen molar-refractivity contribution in [1.29, 1.82) is 0 Å². The summed E-state index contributed by atoms with van der Waals surface area (Å²) in [6, 6.07) is 12.2. The van der Waals surface area contributed by atoms with Crippen LogP contribution in [0.3, 0.4) is 0 Å². The standard InChI is InChI=1S/C16H11Cl2NO2/c1-9-16(20)7-10-6-11(3-5-15(10)19-9)21-12-2-4-13(17)14(18)8-12/h2-8,20H,1H3. The number of nitrogens with zero attached hydrogens (tertiary/aromatic N) is 1. The smallest absolute Gasteiger partial charge is 0.137 e. The lowest BCUT2D eigenvalue weighted by molar-refractivity contribution is 0.468. The van der Waals surface area contributed by atoms with Gasteiger partial charge in [-0.15, -0.1) is 0 Å². The zero-order chi connectivity index (χ0) is 15.0. The van der Waals surface area contributed by atoms with Gasteiger partial charge in [-0.1, -0.05) is 23.2 Å². The van der Waals surface area contributed by atoms with Gasteiger partial charge in [-0.25, -0.2) is 4.98 Å². The lowest BCUT2D eigenvalue weighted by Gasteiger charge is -2.08. The van der Waals surface area contributed by atoms with Gasteiger partial charge in [0.1, 0.15) is 17.2 Å². The second-order valence-electron chi connectivity index (χ2n) is 4.63.